The maximum Gasteiger partial charge on any atom is 0.303 e. The van der Waals surface area contributed by atoms with Gasteiger partial charge >= 0.3 is 5.97 Å². The first-order chi connectivity index (χ1) is 9.23. The molecule has 4 N–H and O–H groups in total. The summed E-state index contributed by atoms with van der Waals surface area (Å²) in [6.07, 6.45) is 3.38. The van der Waals surface area contributed by atoms with Gasteiger partial charge in [0.2, 0.25) is 0 Å². The molecule has 0 amide bonds. The van der Waals surface area contributed by atoms with E-state index >= 15 is 0 Å². The number of aliphatic hydroxyl groups excluding tert-OH is 3. The number of aliphatic hydroxyl groups is 3. The first-order valence-electron chi connectivity index (χ1n) is 7.27. The molecule has 0 saturated carbocycles. The number of nitrogens with zero attached hydrogens (tertiary/aromatic N) is 1. The Bertz CT molecular complexity index is 213. The van der Waals surface area contributed by atoms with Gasteiger partial charge in [-0.05, 0) is 27.2 Å². The lowest BCUT2D eigenvalue weighted by Gasteiger charge is -2.30. The van der Waals surface area contributed by atoms with Gasteiger partial charge in [-0.2, -0.15) is 0 Å². The highest BCUT2D eigenvalue weighted by molar-refractivity contribution is 5.66. The summed E-state index contributed by atoms with van der Waals surface area (Å²) >= 11 is 0. The van der Waals surface area contributed by atoms with Crippen molar-refractivity contribution < 1.29 is 25.2 Å². The van der Waals surface area contributed by atoms with Crippen molar-refractivity contribution >= 4 is 5.97 Å². The number of unbranched alkanes of at least 4 members (excludes halogenated alkanes) is 4. The van der Waals surface area contributed by atoms with Crippen LogP contribution in [0.15, 0.2) is 0 Å². The Kier molecular flexibility index (Phi) is 14.4. The van der Waals surface area contributed by atoms with Crippen LogP contribution in [0.2, 0.25) is 0 Å². The Morgan fingerprint density at radius 1 is 0.900 bits per heavy atom. The van der Waals surface area contributed by atoms with Crippen LogP contribution in [0.1, 0.15) is 66.2 Å². The van der Waals surface area contributed by atoms with Crippen LogP contribution in [0.3, 0.4) is 0 Å². The molecule has 20 heavy (non-hydrogen) atoms. The van der Waals surface area contributed by atoms with Crippen LogP contribution in [0.4, 0.5) is 0 Å². The zero-order valence-electron chi connectivity index (χ0n) is 13.1. The second-order valence-corrected chi connectivity index (χ2v) is 4.90. The quantitative estimate of drug-likeness (QED) is 0.381. The molecule has 0 spiro atoms. The van der Waals surface area contributed by atoms with E-state index in [0.717, 1.165) is 12.8 Å². The van der Waals surface area contributed by atoms with Gasteiger partial charge < -0.3 is 20.4 Å². The summed E-state index contributed by atoms with van der Waals surface area (Å²) < 4.78 is 0. The van der Waals surface area contributed by atoms with Gasteiger partial charge in [0.05, 0.1) is 0 Å². The lowest BCUT2D eigenvalue weighted by Crippen LogP contribution is -2.45. The summed E-state index contributed by atoms with van der Waals surface area (Å²) in [6, 6.07) is 0. The Morgan fingerprint density at radius 2 is 1.30 bits per heavy atom. The van der Waals surface area contributed by atoms with Gasteiger partial charge in [-0.1, -0.05) is 32.6 Å². The standard InChI is InChI=1S/C8H16O2.C6H15NO3/c1-2-3-4-5-6-7-8(9)10;1-4(8)7(5(2)9)6(3)10/h2-7H2,1H3,(H,9,10);4-6,8-10H,1-3H3. The summed E-state index contributed by atoms with van der Waals surface area (Å²) in [5, 5.41) is 35.1. The molecule has 0 aliphatic heterocycles. The van der Waals surface area contributed by atoms with Crippen molar-refractivity contribution in [2.45, 2.75) is 84.9 Å². The Balaban J connectivity index is 0. The topological polar surface area (TPSA) is 101 Å². The minimum atomic E-state index is -0.833. The third-order valence-corrected chi connectivity index (χ3v) is 2.79. The lowest BCUT2D eigenvalue weighted by molar-refractivity contribution is -0.159. The first-order valence-corrected chi connectivity index (χ1v) is 7.27. The van der Waals surface area contributed by atoms with Crippen LogP contribution in [0, 0.1) is 0 Å². The van der Waals surface area contributed by atoms with E-state index in [4.69, 9.17) is 20.4 Å². The molecule has 122 valence electrons. The fourth-order valence-corrected chi connectivity index (χ4v) is 1.82. The van der Waals surface area contributed by atoms with Crippen LogP contribution < -0.4 is 0 Å². The molecular formula is C14H31NO5. The molecular weight excluding hydrogens is 262 g/mol. The van der Waals surface area contributed by atoms with E-state index in [-0.39, 0.29) is 0 Å². The van der Waals surface area contributed by atoms with E-state index in [9.17, 15) is 4.79 Å². The van der Waals surface area contributed by atoms with Gasteiger partial charge in [0.25, 0.3) is 0 Å². The van der Waals surface area contributed by atoms with Crippen molar-refractivity contribution in [2.75, 3.05) is 0 Å². The van der Waals surface area contributed by atoms with Crippen molar-refractivity contribution in [3.63, 3.8) is 0 Å². The zero-order chi connectivity index (χ0) is 16.1. The largest absolute Gasteiger partial charge is 0.481 e. The van der Waals surface area contributed by atoms with Crippen molar-refractivity contribution in [1.29, 1.82) is 0 Å². The zero-order valence-corrected chi connectivity index (χ0v) is 13.1. The third-order valence-electron chi connectivity index (χ3n) is 2.79. The summed E-state index contributed by atoms with van der Waals surface area (Å²) in [5.74, 6) is -0.670. The van der Waals surface area contributed by atoms with Crippen LogP contribution in [-0.4, -0.2) is 50.0 Å². The summed E-state index contributed by atoms with van der Waals surface area (Å²) in [5.41, 5.74) is 0. The van der Waals surface area contributed by atoms with E-state index in [1.54, 1.807) is 0 Å². The molecule has 6 heteroatoms. The van der Waals surface area contributed by atoms with E-state index in [1.165, 1.54) is 44.9 Å². The van der Waals surface area contributed by atoms with E-state index < -0.39 is 24.7 Å². The summed E-state index contributed by atoms with van der Waals surface area (Å²) in [6.45, 7) is 6.61. The third kappa shape index (κ3) is 13.7. The van der Waals surface area contributed by atoms with Crippen LogP contribution in [0.5, 0.6) is 0 Å². The number of carbonyl (C=O) groups is 1. The number of carboxylic acids is 1. The molecule has 0 bridgehead atoms. The van der Waals surface area contributed by atoms with Crippen LogP contribution >= 0.6 is 0 Å². The van der Waals surface area contributed by atoms with Crippen molar-refractivity contribution in [3.05, 3.63) is 0 Å². The predicted octanol–water partition coefficient (Wildman–Crippen LogP) is 1.73. The molecule has 6 nitrogen and oxygen atoms in total. The van der Waals surface area contributed by atoms with Crippen molar-refractivity contribution in [3.8, 4) is 0 Å². The molecule has 0 radical (unpaired) electrons. The fourth-order valence-electron chi connectivity index (χ4n) is 1.82. The molecule has 0 aromatic carbocycles. The SMILES string of the molecule is CC(O)N(C(C)O)C(C)O.CCCCCCCC(=O)O. The van der Waals surface area contributed by atoms with Crippen molar-refractivity contribution in [1.82, 2.24) is 4.90 Å². The molecule has 3 unspecified atom stereocenters. The maximum atomic E-state index is 10.0. The fraction of sp³-hybridized carbons (Fsp3) is 0.929. The van der Waals surface area contributed by atoms with Crippen LogP contribution in [0.25, 0.3) is 0 Å². The molecule has 0 aromatic rings. The highest BCUT2D eigenvalue weighted by atomic mass is 16.4. The van der Waals surface area contributed by atoms with Gasteiger partial charge in [0.1, 0.15) is 18.7 Å². The Morgan fingerprint density at radius 3 is 1.55 bits per heavy atom. The van der Waals surface area contributed by atoms with E-state index in [0.29, 0.717) is 6.42 Å². The number of rotatable bonds is 9. The monoisotopic (exact) mass is 293 g/mol. The minimum absolute atomic E-state index is 0.337. The van der Waals surface area contributed by atoms with Gasteiger partial charge in [0.15, 0.2) is 0 Å². The predicted molar refractivity (Wildman–Crippen MR) is 77.9 cm³/mol. The average Bonchev–Trinajstić information content (AvgIpc) is 2.27. The van der Waals surface area contributed by atoms with Gasteiger partial charge in [-0.3, -0.25) is 4.79 Å². The molecule has 0 aliphatic carbocycles. The summed E-state index contributed by atoms with van der Waals surface area (Å²) in [4.78, 5) is 11.2. The Labute approximate surface area is 122 Å². The second-order valence-electron chi connectivity index (χ2n) is 4.90. The smallest absolute Gasteiger partial charge is 0.303 e. The minimum Gasteiger partial charge on any atom is -0.481 e. The molecule has 3 atom stereocenters. The van der Waals surface area contributed by atoms with E-state index in [2.05, 4.69) is 6.92 Å². The summed E-state index contributed by atoms with van der Waals surface area (Å²) in [7, 11) is 0. The molecule has 0 saturated heterocycles. The highest BCUT2D eigenvalue weighted by Crippen LogP contribution is 2.04. The van der Waals surface area contributed by atoms with Crippen LogP contribution in [-0.2, 0) is 4.79 Å². The molecule has 0 heterocycles. The molecule has 0 aromatic heterocycles. The number of hydrogen-bond acceptors (Lipinski definition) is 5. The number of hydrogen-bond donors (Lipinski definition) is 4. The lowest BCUT2D eigenvalue weighted by atomic mass is 10.1. The number of carboxylic acid groups (broad SMARTS) is 1. The van der Waals surface area contributed by atoms with Crippen molar-refractivity contribution in [2.24, 2.45) is 0 Å². The maximum absolute atomic E-state index is 10.0. The van der Waals surface area contributed by atoms with Gasteiger partial charge in [-0.25, -0.2) is 4.90 Å². The Hall–Kier alpha value is -0.690. The normalized spacial score (nSPS) is 15.2. The van der Waals surface area contributed by atoms with Gasteiger partial charge in [-0.15, -0.1) is 0 Å². The molecule has 0 rings (SSSR count). The van der Waals surface area contributed by atoms with Gasteiger partial charge in [0, 0.05) is 6.42 Å². The first kappa shape index (κ1) is 21.6. The van der Waals surface area contributed by atoms with E-state index in [1.807, 2.05) is 0 Å². The molecule has 0 aliphatic rings. The number of aliphatic carboxylic acids is 1. The highest BCUT2D eigenvalue weighted by Gasteiger charge is 2.20. The second kappa shape index (κ2) is 13.3. The molecule has 0 fully saturated rings. The average molecular weight is 293 g/mol.